The molecule has 0 saturated carbocycles. The van der Waals surface area contributed by atoms with Crippen molar-refractivity contribution in [3.05, 3.63) is 42.2 Å². The van der Waals surface area contributed by atoms with Crippen molar-refractivity contribution < 1.29 is 12.9 Å². The van der Waals surface area contributed by atoms with E-state index in [-0.39, 0.29) is 10.7 Å². The van der Waals surface area contributed by atoms with E-state index in [2.05, 4.69) is 21.3 Å². The van der Waals surface area contributed by atoms with Crippen LogP contribution in [0.15, 0.2) is 46.0 Å². The monoisotopic (exact) mass is 280 g/mol. The smallest absolute Gasteiger partial charge is 0.263 e. The Bertz CT molecular complexity index is 604. The van der Waals surface area contributed by atoms with Crippen molar-refractivity contribution in [2.45, 2.75) is 31.1 Å². The van der Waals surface area contributed by atoms with Crippen molar-refractivity contribution in [1.29, 1.82) is 0 Å². The van der Waals surface area contributed by atoms with Crippen molar-refractivity contribution >= 4 is 15.8 Å². The molecule has 0 saturated heterocycles. The molecule has 1 heterocycles. The van der Waals surface area contributed by atoms with Gasteiger partial charge in [-0.15, -0.1) is 0 Å². The zero-order valence-corrected chi connectivity index (χ0v) is 11.5. The minimum absolute atomic E-state index is 0.176. The predicted molar refractivity (Wildman–Crippen MR) is 72.4 cm³/mol. The minimum atomic E-state index is -3.59. The van der Waals surface area contributed by atoms with E-state index in [4.69, 9.17) is 0 Å². The van der Waals surface area contributed by atoms with E-state index < -0.39 is 10.0 Å². The van der Waals surface area contributed by atoms with Gasteiger partial charge in [0.15, 0.2) is 5.82 Å². The third-order valence-electron chi connectivity index (χ3n) is 2.73. The summed E-state index contributed by atoms with van der Waals surface area (Å²) in [6.07, 6.45) is 4.50. The Balaban J connectivity index is 2.12. The second-order valence-electron chi connectivity index (χ2n) is 4.24. The lowest BCUT2D eigenvalue weighted by Gasteiger charge is -2.06. The fourth-order valence-electron chi connectivity index (χ4n) is 1.68. The highest BCUT2D eigenvalue weighted by Gasteiger charge is 2.15. The number of anilines is 1. The number of hydrogen-bond donors (Lipinski definition) is 1. The number of aryl methyl sites for hydroxylation is 1. The minimum Gasteiger partial charge on any atom is -0.363 e. The molecular formula is C13H16N2O3S. The Hall–Kier alpha value is -1.82. The van der Waals surface area contributed by atoms with E-state index in [1.165, 1.54) is 12.3 Å². The first-order chi connectivity index (χ1) is 9.12. The van der Waals surface area contributed by atoms with Gasteiger partial charge in [-0.3, -0.25) is 4.72 Å². The van der Waals surface area contributed by atoms with Crippen LogP contribution in [0.2, 0.25) is 0 Å². The van der Waals surface area contributed by atoms with Crippen LogP contribution in [0.3, 0.4) is 0 Å². The molecular weight excluding hydrogens is 264 g/mol. The highest BCUT2D eigenvalue weighted by molar-refractivity contribution is 7.92. The molecule has 102 valence electrons. The molecule has 0 bridgehead atoms. The summed E-state index contributed by atoms with van der Waals surface area (Å²) in [5, 5.41) is 3.52. The van der Waals surface area contributed by atoms with Crippen LogP contribution >= 0.6 is 0 Å². The van der Waals surface area contributed by atoms with E-state index >= 15 is 0 Å². The van der Waals surface area contributed by atoms with Crippen molar-refractivity contribution in [3.63, 3.8) is 0 Å². The number of unbranched alkanes of at least 4 members (excludes halogenated alkanes) is 1. The van der Waals surface area contributed by atoms with Gasteiger partial charge in [-0.2, -0.15) is 0 Å². The van der Waals surface area contributed by atoms with Gasteiger partial charge in [0.05, 0.1) is 4.90 Å². The van der Waals surface area contributed by atoms with Gasteiger partial charge in [0.25, 0.3) is 10.0 Å². The maximum atomic E-state index is 12.0. The van der Waals surface area contributed by atoms with Crippen LogP contribution in [0.5, 0.6) is 0 Å². The molecule has 0 aliphatic rings. The molecule has 0 unspecified atom stereocenters. The van der Waals surface area contributed by atoms with Crippen LogP contribution in [-0.2, 0) is 16.4 Å². The quantitative estimate of drug-likeness (QED) is 0.883. The van der Waals surface area contributed by atoms with Crippen LogP contribution in [0.4, 0.5) is 5.82 Å². The number of nitrogens with one attached hydrogen (secondary N) is 1. The molecule has 6 heteroatoms. The van der Waals surface area contributed by atoms with Gasteiger partial charge in [-0.25, -0.2) is 8.42 Å². The number of sulfonamides is 1. The van der Waals surface area contributed by atoms with Crippen LogP contribution in [-0.4, -0.2) is 13.6 Å². The second-order valence-corrected chi connectivity index (χ2v) is 5.92. The lowest BCUT2D eigenvalue weighted by Crippen LogP contribution is -2.13. The van der Waals surface area contributed by atoms with Crippen LogP contribution < -0.4 is 4.72 Å². The van der Waals surface area contributed by atoms with Crippen LogP contribution in [0.25, 0.3) is 0 Å². The number of hydrogen-bond acceptors (Lipinski definition) is 4. The van der Waals surface area contributed by atoms with Crippen molar-refractivity contribution in [2.75, 3.05) is 4.72 Å². The zero-order valence-electron chi connectivity index (χ0n) is 10.7. The van der Waals surface area contributed by atoms with Gasteiger partial charge in [-0.1, -0.05) is 30.6 Å². The molecule has 1 aromatic carbocycles. The summed E-state index contributed by atoms with van der Waals surface area (Å²) < 4.78 is 31.0. The predicted octanol–water partition coefficient (Wildman–Crippen LogP) is 2.82. The lowest BCUT2D eigenvalue weighted by atomic mass is 10.1. The average Bonchev–Trinajstić information content (AvgIpc) is 2.89. The first-order valence-corrected chi connectivity index (χ1v) is 7.62. The van der Waals surface area contributed by atoms with E-state index in [1.807, 2.05) is 12.1 Å². The van der Waals surface area contributed by atoms with Gasteiger partial charge < -0.3 is 4.52 Å². The Morgan fingerprint density at radius 2 is 1.95 bits per heavy atom. The highest BCUT2D eigenvalue weighted by atomic mass is 32.2. The summed E-state index contributed by atoms with van der Waals surface area (Å²) in [5.41, 5.74) is 1.14. The molecule has 5 nitrogen and oxygen atoms in total. The summed E-state index contributed by atoms with van der Waals surface area (Å²) >= 11 is 0. The highest BCUT2D eigenvalue weighted by Crippen LogP contribution is 2.16. The topological polar surface area (TPSA) is 72.2 Å². The van der Waals surface area contributed by atoms with E-state index in [0.717, 1.165) is 24.8 Å². The Labute approximate surface area is 112 Å². The molecule has 0 spiro atoms. The van der Waals surface area contributed by atoms with E-state index in [1.54, 1.807) is 12.1 Å². The van der Waals surface area contributed by atoms with Crippen molar-refractivity contribution in [1.82, 2.24) is 5.16 Å². The van der Waals surface area contributed by atoms with Crippen LogP contribution in [0, 0.1) is 0 Å². The van der Waals surface area contributed by atoms with Gasteiger partial charge in [-0.05, 0) is 30.5 Å². The van der Waals surface area contributed by atoms with Crippen LogP contribution in [0.1, 0.15) is 25.3 Å². The second kappa shape index (κ2) is 5.88. The molecule has 0 fully saturated rings. The molecule has 0 aliphatic carbocycles. The standard InChI is InChI=1S/C13H16N2O3S/c1-2-3-4-11-5-7-12(8-6-11)19(16,17)15-13-9-10-18-14-13/h5-10H,2-4H2,1H3,(H,14,15). The normalized spacial score (nSPS) is 11.4. The SMILES string of the molecule is CCCCc1ccc(S(=O)(=O)Nc2ccon2)cc1. The molecule has 1 N–H and O–H groups in total. The number of nitrogens with zero attached hydrogens (tertiary/aromatic N) is 1. The molecule has 0 atom stereocenters. The molecule has 1 aromatic heterocycles. The van der Waals surface area contributed by atoms with Gasteiger partial charge >= 0.3 is 0 Å². The Morgan fingerprint density at radius 3 is 2.53 bits per heavy atom. The maximum absolute atomic E-state index is 12.0. The summed E-state index contributed by atoms with van der Waals surface area (Å²) in [5.74, 6) is 0.176. The number of aromatic nitrogens is 1. The van der Waals surface area contributed by atoms with Gasteiger partial charge in [0.2, 0.25) is 0 Å². The Morgan fingerprint density at radius 1 is 1.21 bits per heavy atom. The molecule has 2 aromatic rings. The van der Waals surface area contributed by atoms with Crippen molar-refractivity contribution in [3.8, 4) is 0 Å². The zero-order chi connectivity index (χ0) is 13.7. The summed E-state index contributed by atoms with van der Waals surface area (Å²) in [7, 11) is -3.59. The number of rotatable bonds is 6. The summed E-state index contributed by atoms with van der Waals surface area (Å²) in [6.45, 7) is 2.13. The molecule has 2 rings (SSSR count). The third-order valence-corrected chi connectivity index (χ3v) is 4.10. The summed E-state index contributed by atoms with van der Waals surface area (Å²) in [6, 6.07) is 8.34. The van der Waals surface area contributed by atoms with E-state index in [9.17, 15) is 8.42 Å². The fraction of sp³-hybridized carbons (Fsp3) is 0.308. The van der Waals surface area contributed by atoms with Gasteiger partial charge in [0, 0.05) is 6.07 Å². The number of benzene rings is 1. The molecule has 0 amide bonds. The largest absolute Gasteiger partial charge is 0.363 e. The lowest BCUT2D eigenvalue weighted by molar-refractivity contribution is 0.423. The molecule has 19 heavy (non-hydrogen) atoms. The maximum Gasteiger partial charge on any atom is 0.263 e. The Kier molecular flexibility index (Phi) is 4.21. The first-order valence-electron chi connectivity index (χ1n) is 6.14. The average molecular weight is 280 g/mol. The first kappa shape index (κ1) is 13.6. The molecule has 0 aliphatic heterocycles. The van der Waals surface area contributed by atoms with Crippen molar-refractivity contribution in [2.24, 2.45) is 0 Å². The van der Waals surface area contributed by atoms with E-state index in [0.29, 0.717) is 0 Å². The molecule has 0 radical (unpaired) electrons. The summed E-state index contributed by atoms with van der Waals surface area (Å²) in [4.78, 5) is 0.218. The third kappa shape index (κ3) is 3.57. The van der Waals surface area contributed by atoms with Gasteiger partial charge in [0.1, 0.15) is 6.26 Å². The fourth-order valence-corrected chi connectivity index (χ4v) is 2.67.